The molecule has 3 aromatic carbocycles. The van der Waals surface area contributed by atoms with Gasteiger partial charge in [0.1, 0.15) is 0 Å². The molecule has 1 nitrogen and oxygen atoms in total. The fraction of sp³-hybridized carbons (Fsp3) is 0.489. The molecular weight excluding hydrogens is 668 g/mol. The predicted octanol–water partition coefficient (Wildman–Crippen LogP) is 12.9. The molecule has 1 radical (unpaired) electrons. The van der Waals surface area contributed by atoms with Crippen molar-refractivity contribution in [3.05, 3.63) is 101 Å². The maximum Gasteiger partial charge on any atom is 0.416 e. The fourth-order valence-electron chi connectivity index (χ4n) is 13.2. The highest BCUT2D eigenvalue weighted by Crippen LogP contribution is 2.64. The van der Waals surface area contributed by atoms with E-state index in [9.17, 15) is 26.3 Å². The van der Waals surface area contributed by atoms with E-state index in [1.54, 1.807) is 18.5 Å². The van der Waals surface area contributed by atoms with Gasteiger partial charge in [0, 0.05) is 18.0 Å². The zero-order chi connectivity index (χ0) is 35.6. The standard InChI is InChI=1S/C45H42F6N/c46-44(47,48)37-15-34(16-38(18-37)45(49,50)51)40-5-1-4-39(41(40)32-3-2-6-52-25-32)33-13-35(42-19-26-7-27(20-42)9-28(8-26)21-42)17-36(14-33)43-22-29-10-30(23-43)12-31(11-29)24-43/h2-6,13-18,25-31H,7-12,19-24H2. The van der Waals surface area contributed by atoms with Gasteiger partial charge in [0.2, 0.25) is 0 Å². The summed E-state index contributed by atoms with van der Waals surface area (Å²) in [6, 6.07) is 19.3. The van der Waals surface area contributed by atoms with Gasteiger partial charge < -0.3 is 0 Å². The van der Waals surface area contributed by atoms with Crippen LogP contribution in [-0.4, -0.2) is 4.98 Å². The maximum absolute atomic E-state index is 14.1. The van der Waals surface area contributed by atoms with Crippen molar-refractivity contribution in [2.75, 3.05) is 0 Å². The monoisotopic (exact) mass is 710 g/mol. The summed E-state index contributed by atoms with van der Waals surface area (Å²) in [5, 5.41) is 0. The molecule has 8 saturated carbocycles. The van der Waals surface area contributed by atoms with Crippen molar-refractivity contribution >= 4 is 0 Å². The molecule has 0 spiro atoms. The summed E-state index contributed by atoms with van der Waals surface area (Å²) in [5.74, 6) is 4.52. The minimum atomic E-state index is -4.95. The number of benzene rings is 3. The molecule has 0 atom stereocenters. The minimum Gasteiger partial charge on any atom is -0.264 e. The fourth-order valence-corrected chi connectivity index (χ4v) is 13.2. The predicted molar refractivity (Wildman–Crippen MR) is 189 cm³/mol. The number of halogens is 6. The summed E-state index contributed by atoms with van der Waals surface area (Å²) < 4.78 is 84.9. The first-order valence-corrected chi connectivity index (χ1v) is 19.2. The van der Waals surface area contributed by atoms with Crippen LogP contribution in [0.5, 0.6) is 0 Å². The molecule has 8 aliphatic carbocycles. The Kier molecular flexibility index (Phi) is 7.26. The summed E-state index contributed by atoms with van der Waals surface area (Å²) in [7, 11) is 0. The average Bonchev–Trinajstić information content (AvgIpc) is 3.09. The Bertz CT molecular complexity index is 1880. The highest BCUT2D eigenvalue weighted by Gasteiger charge is 2.54. The van der Waals surface area contributed by atoms with Crippen molar-refractivity contribution in [2.24, 2.45) is 35.5 Å². The van der Waals surface area contributed by atoms with Gasteiger partial charge in [0.25, 0.3) is 0 Å². The number of pyridine rings is 1. The lowest BCUT2D eigenvalue weighted by atomic mass is 9.46. The quantitative estimate of drug-likeness (QED) is 0.188. The van der Waals surface area contributed by atoms with Gasteiger partial charge in [-0.15, -0.1) is 0 Å². The van der Waals surface area contributed by atoms with Crippen molar-refractivity contribution < 1.29 is 26.3 Å². The number of hydrogen-bond acceptors (Lipinski definition) is 1. The second kappa shape index (κ2) is 11.4. The van der Waals surface area contributed by atoms with E-state index in [1.807, 2.05) is 12.1 Å². The van der Waals surface area contributed by atoms with Crippen molar-refractivity contribution in [1.29, 1.82) is 0 Å². The van der Waals surface area contributed by atoms with Gasteiger partial charge in [-0.1, -0.05) is 24.3 Å². The lowest BCUT2D eigenvalue weighted by Crippen LogP contribution is -2.50. The van der Waals surface area contributed by atoms with E-state index in [2.05, 4.69) is 29.2 Å². The van der Waals surface area contributed by atoms with E-state index >= 15 is 0 Å². The third-order valence-corrected chi connectivity index (χ3v) is 14.4. The van der Waals surface area contributed by atoms with Gasteiger partial charge in [-0.3, -0.25) is 4.98 Å². The Morgan fingerprint density at radius 3 is 1.35 bits per heavy atom. The molecule has 0 unspecified atom stereocenters. The molecule has 8 fully saturated rings. The Balaban J connectivity index is 1.21. The van der Waals surface area contributed by atoms with Gasteiger partial charge in [-0.05, 0) is 205 Å². The van der Waals surface area contributed by atoms with Crippen LogP contribution in [0.15, 0.2) is 73.1 Å². The van der Waals surface area contributed by atoms with E-state index in [0.29, 0.717) is 11.1 Å². The number of rotatable bonds is 5. The summed E-state index contributed by atoms with van der Waals surface area (Å²) in [5.41, 5.74) is 3.49. The van der Waals surface area contributed by atoms with Crippen LogP contribution in [0.2, 0.25) is 0 Å². The zero-order valence-corrected chi connectivity index (χ0v) is 29.1. The first-order chi connectivity index (χ1) is 24.8. The molecule has 4 aromatic rings. The van der Waals surface area contributed by atoms with Crippen LogP contribution in [0.3, 0.4) is 0 Å². The molecular formula is C45H42F6N. The van der Waals surface area contributed by atoms with Gasteiger partial charge >= 0.3 is 12.4 Å². The SMILES string of the molecule is FC(F)(F)c1cc(-c2c[c]cc(-c3cc(C45CC6CC(CC(C6)C4)C5)cc(C45CC6CC(CC(C6)C4)C5)c3)c2-c2cccnc2)cc(C(F)(F)F)c1. The molecule has 269 valence electrons. The van der Waals surface area contributed by atoms with Crippen molar-refractivity contribution in [3.63, 3.8) is 0 Å². The molecule has 8 aliphatic rings. The Labute approximate surface area is 301 Å². The highest BCUT2D eigenvalue weighted by atomic mass is 19.4. The summed E-state index contributed by atoms with van der Waals surface area (Å²) >= 11 is 0. The van der Waals surface area contributed by atoms with E-state index < -0.39 is 23.5 Å². The largest absolute Gasteiger partial charge is 0.416 e. The van der Waals surface area contributed by atoms with Crippen LogP contribution < -0.4 is 0 Å². The van der Waals surface area contributed by atoms with Crippen LogP contribution >= 0.6 is 0 Å². The van der Waals surface area contributed by atoms with Crippen LogP contribution in [0, 0.1) is 41.6 Å². The van der Waals surface area contributed by atoms with Crippen LogP contribution in [0.4, 0.5) is 26.3 Å². The van der Waals surface area contributed by atoms with Gasteiger partial charge in [0.05, 0.1) is 11.1 Å². The lowest BCUT2D eigenvalue weighted by Gasteiger charge is -2.58. The smallest absolute Gasteiger partial charge is 0.264 e. The topological polar surface area (TPSA) is 12.9 Å². The highest BCUT2D eigenvalue weighted by molar-refractivity contribution is 5.94. The molecule has 52 heavy (non-hydrogen) atoms. The molecule has 7 heteroatoms. The minimum absolute atomic E-state index is 0.111. The molecule has 0 N–H and O–H groups in total. The molecule has 8 bridgehead atoms. The zero-order valence-electron chi connectivity index (χ0n) is 29.1. The van der Waals surface area contributed by atoms with E-state index in [4.69, 9.17) is 0 Å². The second-order valence-corrected chi connectivity index (χ2v) is 17.9. The number of alkyl halides is 6. The van der Waals surface area contributed by atoms with Gasteiger partial charge in [-0.2, -0.15) is 26.3 Å². The first kappa shape index (κ1) is 33.0. The lowest BCUT2D eigenvalue weighted by molar-refractivity contribution is -0.143. The third kappa shape index (κ3) is 5.45. The molecule has 0 saturated heterocycles. The summed E-state index contributed by atoms with van der Waals surface area (Å²) in [6.07, 6.45) is 8.60. The Morgan fingerprint density at radius 1 is 0.538 bits per heavy atom. The summed E-state index contributed by atoms with van der Waals surface area (Å²) in [4.78, 5) is 4.36. The number of hydrogen-bond donors (Lipinski definition) is 0. The van der Waals surface area contributed by atoms with Crippen molar-refractivity contribution in [1.82, 2.24) is 4.98 Å². The van der Waals surface area contributed by atoms with Crippen LogP contribution in [0.25, 0.3) is 33.4 Å². The molecule has 0 amide bonds. The van der Waals surface area contributed by atoms with E-state index in [1.165, 1.54) is 94.2 Å². The first-order valence-electron chi connectivity index (χ1n) is 19.2. The molecule has 1 aromatic heterocycles. The Morgan fingerprint density at radius 2 is 0.962 bits per heavy atom. The molecule has 12 rings (SSSR count). The van der Waals surface area contributed by atoms with E-state index in [0.717, 1.165) is 58.8 Å². The third-order valence-electron chi connectivity index (χ3n) is 14.4. The average molecular weight is 711 g/mol. The second-order valence-electron chi connectivity index (χ2n) is 17.9. The van der Waals surface area contributed by atoms with Crippen molar-refractivity contribution in [3.8, 4) is 33.4 Å². The molecule has 1 heterocycles. The number of aromatic nitrogens is 1. The van der Waals surface area contributed by atoms with Crippen LogP contribution in [-0.2, 0) is 23.2 Å². The normalized spacial score (nSPS) is 33.2. The van der Waals surface area contributed by atoms with Gasteiger partial charge in [-0.25, -0.2) is 0 Å². The molecule has 0 aliphatic heterocycles. The maximum atomic E-state index is 14.1. The van der Waals surface area contributed by atoms with E-state index in [-0.39, 0.29) is 28.0 Å². The van der Waals surface area contributed by atoms with Crippen molar-refractivity contribution in [2.45, 2.75) is 100 Å². The van der Waals surface area contributed by atoms with Gasteiger partial charge in [0.15, 0.2) is 0 Å². The summed E-state index contributed by atoms with van der Waals surface area (Å²) in [6.45, 7) is 0. The number of nitrogens with zero attached hydrogens (tertiary/aromatic N) is 1. The Hall–Kier alpha value is -3.61. The van der Waals surface area contributed by atoms with Crippen LogP contribution in [0.1, 0.15) is 99.3 Å².